The number of aliphatic hydroxyl groups excluding tert-OH is 1. The van der Waals surface area contributed by atoms with Crippen LogP contribution in [0.4, 0.5) is 10.5 Å². The van der Waals surface area contributed by atoms with Gasteiger partial charge in [-0.2, -0.15) is 0 Å². The number of carboxylic acids is 1. The Morgan fingerprint density at radius 1 is 1.29 bits per heavy atom. The van der Waals surface area contributed by atoms with Crippen molar-refractivity contribution in [1.29, 1.82) is 0 Å². The van der Waals surface area contributed by atoms with Crippen molar-refractivity contribution < 1.29 is 29.3 Å². The van der Waals surface area contributed by atoms with E-state index in [9.17, 15) is 9.59 Å². The van der Waals surface area contributed by atoms with E-state index in [1.165, 1.54) is 0 Å². The number of ether oxygens (including phenoxy) is 2. The number of amides is 2. The van der Waals surface area contributed by atoms with E-state index >= 15 is 0 Å². The highest BCUT2D eigenvalue weighted by molar-refractivity contribution is 5.89. The second-order valence-electron chi connectivity index (χ2n) is 4.55. The first-order valence-corrected chi connectivity index (χ1v) is 6.35. The molecule has 1 atom stereocenters. The summed E-state index contributed by atoms with van der Waals surface area (Å²) < 4.78 is 10.3. The van der Waals surface area contributed by atoms with Crippen molar-refractivity contribution in [3.63, 3.8) is 0 Å². The number of hydrogen-bond donors (Lipinski definition) is 4. The first-order valence-electron chi connectivity index (χ1n) is 6.35. The SMILES string of the molecule is O=C(O)CC(CO)CNC(=O)Nc1ccc2c(c1)OCO2. The molecule has 1 unspecified atom stereocenters. The molecule has 0 spiro atoms. The predicted molar refractivity (Wildman–Crippen MR) is 72.4 cm³/mol. The zero-order chi connectivity index (χ0) is 15.2. The van der Waals surface area contributed by atoms with Gasteiger partial charge < -0.3 is 30.3 Å². The number of aliphatic carboxylic acids is 1. The average Bonchev–Trinajstić information content (AvgIpc) is 2.90. The van der Waals surface area contributed by atoms with E-state index in [2.05, 4.69) is 10.6 Å². The van der Waals surface area contributed by atoms with Gasteiger partial charge in [0, 0.05) is 30.8 Å². The molecule has 8 heteroatoms. The minimum absolute atomic E-state index is 0.0686. The Bertz CT molecular complexity index is 533. The van der Waals surface area contributed by atoms with Gasteiger partial charge in [-0.25, -0.2) is 4.79 Å². The molecule has 0 saturated carbocycles. The van der Waals surface area contributed by atoms with Crippen molar-refractivity contribution in [3.05, 3.63) is 18.2 Å². The van der Waals surface area contributed by atoms with Crippen LogP contribution in [0.2, 0.25) is 0 Å². The third-order valence-electron chi connectivity index (χ3n) is 2.90. The zero-order valence-corrected chi connectivity index (χ0v) is 11.2. The summed E-state index contributed by atoms with van der Waals surface area (Å²) in [5.41, 5.74) is 0.524. The Kier molecular flexibility index (Phi) is 4.83. The first kappa shape index (κ1) is 14.9. The molecule has 8 nitrogen and oxygen atoms in total. The summed E-state index contributed by atoms with van der Waals surface area (Å²) in [5.74, 6) is -0.383. The summed E-state index contributed by atoms with van der Waals surface area (Å²) >= 11 is 0. The molecule has 21 heavy (non-hydrogen) atoms. The van der Waals surface area contributed by atoms with Crippen LogP contribution in [0.1, 0.15) is 6.42 Å². The summed E-state index contributed by atoms with van der Waals surface area (Å²) in [4.78, 5) is 22.2. The maximum absolute atomic E-state index is 11.7. The number of nitrogens with one attached hydrogen (secondary N) is 2. The van der Waals surface area contributed by atoms with E-state index in [4.69, 9.17) is 19.7 Å². The van der Waals surface area contributed by atoms with Gasteiger partial charge in [0.15, 0.2) is 11.5 Å². The van der Waals surface area contributed by atoms with Gasteiger partial charge in [-0.15, -0.1) is 0 Å². The van der Waals surface area contributed by atoms with Crippen LogP contribution in [0.25, 0.3) is 0 Å². The van der Waals surface area contributed by atoms with E-state index in [1.54, 1.807) is 18.2 Å². The summed E-state index contributed by atoms with van der Waals surface area (Å²) in [6.45, 7) is -0.0891. The smallest absolute Gasteiger partial charge is 0.319 e. The lowest BCUT2D eigenvalue weighted by Gasteiger charge is -2.13. The fourth-order valence-electron chi connectivity index (χ4n) is 1.83. The van der Waals surface area contributed by atoms with Gasteiger partial charge in [0.25, 0.3) is 0 Å². The molecule has 114 valence electrons. The van der Waals surface area contributed by atoms with Crippen LogP contribution in [0.5, 0.6) is 11.5 Å². The van der Waals surface area contributed by atoms with Crippen molar-refractivity contribution in [1.82, 2.24) is 5.32 Å². The van der Waals surface area contributed by atoms with Gasteiger partial charge in [-0.05, 0) is 12.1 Å². The van der Waals surface area contributed by atoms with Crippen molar-refractivity contribution >= 4 is 17.7 Å². The number of anilines is 1. The number of carbonyl (C=O) groups excluding carboxylic acids is 1. The van der Waals surface area contributed by atoms with E-state index in [0.717, 1.165) is 0 Å². The molecule has 1 aliphatic rings. The molecule has 0 radical (unpaired) electrons. The van der Waals surface area contributed by atoms with E-state index in [-0.39, 0.29) is 26.4 Å². The number of hydrogen-bond acceptors (Lipinski definition) is 5. The van der Waals surface area contributed by atoms with Gasteiger partial charge in [-0.1, -0.05) is 0 Å². The van der Waals surface area contributed by atoms with E-state index < -0.39 is 17.9 Å². The predicted octanol–water partition coefficient (Wildman–Crippen LogP) is 0.620. The fraction of sp³-hybridized carbons (Fsp3) is 0.385. The second kappa shape index (κ2) is 6.80. The zero-order valence-electron chi connectivity index (χ0n) is 11.2. The molecule has 0 saturated heterocycles. The Labute approximate surface area is 120 Å². The maximum atomic E-state index is 11.7. The number of fused-ring (bicyclic) bond motifs is 1. The number of aliphatic hydroxyl groups is 1. The molecule has 1 heterocycles. The minimum Gasteiger partial charge on any atom is -0.481 e. The molecule has 1 aromatic rings. The monoisotopic (exact) mass is 296 g/mol. The lowest BCUT2D eigenvalue weighted by Crippen LogP contribution is -2.35. The van der Waals surface area contributed by atoms with Crippen LogP contribution in [0.3, 0.4) is 0 Å². The molecule has 2 rings (SSSR count). The Morgan fingerprint density at radius 2 is 2.05 bits per heavy atom. The molecule has 0 fully saturated rings. The second-order valence-corrected chi connectivity index (χ2v) is 4.55. The molecule has 2 amide bonds. The summed E-state index contributed by atoms with van der Waals surface area (Å²) in [6, 6.07) is 4.48. The van der Waals surface area contributed by atoms with E-state index in [0.29, 0.717) is 17.2 Å². The number of carbonyl (C=O) groups is 2. The van der Waals surface area contributed by atoms with Gasteiger partial charge in [-0.3, -0.25) is 4.79 Å². The van der Waals surface area contributed by atoms with Gasteiger partial charge in [0.1, 0.15) is 0 Å². The third-order valence-corrected chi connectivity index (χ3v) is 2.90. The standard InChI is InChI=1S/C13H16N2O6/c16-6-8(3-12(17)18)5-14-13(19)15-9-1-2-10-11(4-9)21-7-20-10/h1-2,4,8,16H,3,5-7H2,(H,17,18)(H2,14,15,19). The fourth-order valence-corrected chi connectivity index (χ4v) is 1.83. The third kappa shape index (κ3) is 4.25. The Balaban J connectivity index is 1.83. The summed E-state index contributed by atoms with van der Waals surface area (Å²) in [5, 5.41) is 22.8. The highest BCUT2D eigenvalue weighted by Crippen LogP contribution is 2.34. The molecule has 4 N–H and O–H groups in total. The summed E-state index contributed by atoms with van der Waals surface area (Å²) in [7, 11) is 0. The first-order chi connectivity index (χ1) is 10.1. The highest BCUT2D eigenvalue weighted by atomic mass is 16.7. The Morgan fingerprint density at radius 3 is 2.76 bits per heavy atom. The largest absolute Gasteiger partial charge is 0.481 e. The van der Waals surface area contributed by atoms with Crippen LogP contribution in [0.15, 0.2) is 18.2 Å². The maximum Gasteiger partial charge on any atom is 0.319 e. The van der Waals surface area contributed by atoms with Crippen LogP contribution in [-0.2, 0) is 4.79 Å². The lowest BCUT2D eigenvalue weighted by molar-refractivity contribution is -0.138. The molecular weight excluding hydrogens is 280 g/mol. The average molecular weight is 296 g/mol. The van der Waals surface area contributed by atoms with Crippen LogP contribution in [0, 0.1) is 5.92 Å². The summed E-state index contributed by atoms with van der Waals surface area (Å²) in [6.07, 6.45) is -0.208. The quantitative estimate of drug-likeness (QED) is 0.611. The normalized spacial score (nSPS) is 13.6. The number of urea groups is 1. The van der Waals surface area contributed by atoms with Crippen molar-refractivity contribution in [2.45, 2.75) is 6.42 Å². The van der Waals surface area contributed by atoms with Crippen LogP contribution >= 0.6 is 0 Å². The van der Waals surface area contributed by atoms with Gasteiger partial charge in [0.2, 0.25) is 6.79 Å². The minimum atomic E-state index is -1.02. The van der Waals surface area contributed by atoms with Crippen molar-refractivity contribution in [3.8, 4) is 11.5 Å². The van der Waals surface area contributed by atoms with Crippen molar-refractivity contribution in [2.75, 3.05) is 25.3 Å². The van der Waals surface area contributed by atoms with Crippen LogP contribution in [-0.4, -0.2) is 42.2 Å². The van der Waals surface area contributed by atoms with Crippen molar-refractivity contribution in [2.24, 2.45) is 5.92 Å². The number of benzene rings is 1. The molecular formula is C13H16N2O6. The number of carboxylic acid groups (broad SMARTS) is 1. The molecule has 0 aromatic heterocycles. The highest BCUT2D eigenvalue weighted by Gasteiger charge is 2.15. The molecule has 0 bridgehead atoms. The Hall–Kier alpha value is -2.48. The van der Waals surface area contributed by atoms with Gasteiger partial charge >= 0.3 is 12.0 Å². The topological polar surface area (TPSA) is 117 Å². The van der Waals surface area contributed by atoms with Crippen LogP contribution < -0.4 is 20.1 Å². The molecule has 1 aliphatic heterocycles. The number of rotatable bonds is 6. The molecule has 1 aromatic carbocycles. The molecule has 0 aliphatic carbocycles. The van der Waals surface area contributed by atoms with Gasteiger partial charge in [0.05, 0.1) is 6.42 Å². The lowest BCUT2D eigenvalue weighted by atomic mass is 10.1. The van der Waals surface area contributed by atoms with E-state index in [1.807, 2.05) is 0 Å².